The first kappa shape index (κ1) is 38.9. The second kappa shape index (κ2) is 13.4. The van der Waals surface area contributed by atoms with Crippen molar-refractivity contribution in [1.29, 1.82) is 0 Å². The molecule has 2 fully saturated rings. The molecule has 0 amide bonds. The van der Waals surface area contributed by atoms with E-state index in [1.807, 2.05) is 12.2 Å². The molecular weight excluding hydrogens is 679 g/mol. The molecule has 46 heavy (non-hydrogen) atoms. The second-order valence-electron chi connectivity index (χ2n) is 15.2. The van der Waals surface area contributed by atoms with E-state index in [2.05, 4.69) is 179 Å². The Morgan fingerprint density at radius 1 is 0.739 bits per heavy atom. The molecule has 0 saturated heterocycles. The van der Waals surface area contributed by atoms with Gasteiger partial charge in [0.1, 0.15) is 0 Å². The summed E-state index contributed by atoms with van der Waals surface area (Å²) >= 11 is 1.51. The Labute approximate surface area is 308 Å². The Balaban J connectivity index is 0.000000281. The number of rotatable bonds is 1. The van der Waals surface area contributed by atoms with Gasteiger partial charge in [0.2, 0.25) is 0 Å². The summed E-state index contributed by atoms with van der Waals surface area (Å²) in [5, 5.41) is 0. The number of halogens is 2. The van der Waals surface area contributed by atoms with Crippen LogP contribution in [0.1, 0.15) is 79.9 Å². The summed E-state index contributed by atoms with van der Waals surface area (Å²) in [6.45, 7) is 24.6. The summed E-state index contributed by atoms with van der Waals surface area (Å²) in [5.74, 6) is 0.460. The largest absolute Gasteiger partial charge is 1.00 e. The summed E-state index contributed by atoms with van der Waals surface area (Å²) in [6, 6.07) is 8.67. The molecule has 244 valence electrons. The van der Waals surface area contributed by atoms with Crippen molar-refractivity contribution in [2.24, 2.45) is 43.8 Å². The molecule has 0 nitrogen and oxygen atoms in total. The molecule has 6 aliphatic rings. The van der Waals surface area contributed by atoms with Crippen LogP contribution >= 0.6 is 0 Å². The van der Waals surface area contributed by atoms with Crippen LogP contribution in [0.5, 0.6) is 0 Å². The first-order chi connectivity index (χ1) is 20.6. The Morgan fingerprint density at radius 2 is 1.26 bits per heavy atom. The van der Waals surface area contributed by atoms with E-state index < -0.39 is 0 Å². The maximum atomic E-state index is 2.99. The smallest absolute Gasteiger partial charge is 0.109 e. The van der Waals surface area contributed by atoms with Crippen LogP contribution in [0.15, 0.2) is 115 Å². The third-order valence-corrected chi connectivity index (χ3v) is 14.8. The molecule has 0 radical (unpaired) electrons. The van der Waals surface area contributed by atoms with Gasteiger partial charge in [-0.3, -0.25) is 6.08 Å². The van der Waals surface area contributed by atoms with Gasteiger partial charge < -0.3 is 31.2 Å². The van der Waals surface area contributed by atoms with Crippen molar-refractivity contribution in [3.05, 3.63) is 139 Å². The van der Waals surface area contributed by atoms with Gasteiger partial charge in [0, 0.05) is 10.8 Å². The number of aryl methyl sites for hydroxylation is 1. The van der Waals surface area contributed by atoms with E-state index in [0.717, 1.165) is 6.42 Å². The maximum absolute atomic E-state index is 2.99. The summed E-state index contributed by atoms with van der Waals surface area (Å²) in [5.41, 5.74) is 4.45. The van der Waals surface area contributed by atoms with Gasteiger partial charge in [0.25, 0.3) is 0 Å². The third-order valence-electron chi connectivity index (χ3n) is 14.1. The minimum absolute atomic E-state index is 0. The van der Waals surface area contributed by atoms with Crippen LogP contribution in [0, 0.1) is 63.2 Å². The van der Waals surface area contributed by atoms with Gasteiger partial charge in [-0.1, -0.05) is 115 Å². The van der Waals surface area contributed by atoms with Gasteiger partial charge in [-0.25, -0.2) is 12.2 Å². The van der Waals surface area contributed by atoms with Crippen molar-refractivity contribution in [3.8, 4) is 0 Å². The zero-order valence-electron chi connectivity index (χ0n) is 29.5. The predicted octanol–water partition coefficient (Wildman–Crippen LogP) is 5.04. The number of benzene rings is 1. The van der Waals surface area contributed by atoms with Crippen LogP contribution < -0.4 is 24.8 Å². The van der Waals surface area contributed by atoms with Crippen LogP contribution in [0.25, 0.3) is 0 Å². The fraction of sp³-hybridized carbons (Fsp3) is 0.442. The van der Waals surface area contributed by atoms with Crippen LogP contribution in [0.3, 0.4) is 0 Å². The molecule has 6 aliphatic carbocycles. The predicted molar refractivity (Wildman–Crippen MR) is 187 cm³/mol. The molecule has 8 atom stereocenters. The molecule has 2 saturated carbocycles. The molecule has 0 N–H and O–H groups in total. The molecule has 0 aliphatic heterocycles. The average Bonchev–Trinajstić information content (AvgIpc) is 3.63. The van der Waals surface area contributed by atoms with Gasteiger partial charge >= 0.3 is 76.7 Å². The summed E-state index contributed by atoms with van der Waals surface area (Å²) < 4.78 is 1.46. The number of hydrogen-bond acceptors (Lipinski definition) is 0. The van der Waals surface area contributed by atoms with Gasteiger partial charge in [-0.2, -0.15) is 6.08 Å². The summed E-state index contributed by atoms with van der Waals surface area (Å²) in [4.78, 5) is 0. The van der Waals surface area contributed by atoms with E-state index in [4.69, 9.17) is 0 Å². The first-order valence-electron chi connectivity index (χ1n) is 16.4. The second-order valence-corrected chi connectivity index (χ2v) is 17.0. The summed E-state index contributed by atoms with van der Waals surface area (Å²) in [6.07, 6.45) is 39.3. The number of allylic oxidation sites excluding steroid dienone is 16. The molecule has 0 aromatic heterocycles. The van der Waals surface area contributed by atoms with Crippen molar-refractivity contribution in [2.45, 2.75) is 75.7 Å². The van der Waals surface area contributed by atoms with E-state index in [0.29, 0.717) is 5.92 Å². The fourth-order valence-electron chi connectivity index (χ4n) is 10.4. The molecule has 3 heteroatoms. The van der Waals surface area contributed by atoms with Crippen molar-refractivity contribution in [1.82, 2.24) is 0 Å². The van der Waals surface area contributed by atoms with Crippen molar-refractivity contribution >= 4 is 3.21 Å². The van der Waals surface area contributed by atoms with E-state index in [1.54, 1.807) is 0 Å². The molecule has 8 unspecified atom stereocenters. The Bertz CT molecular complexity index is 1560. The maximum Gasteiger partial charge on any atom is -0.109 e. The van der Waals surface area contributed by atoms with E-state index in [9.17, 15) is 0 Å². The van der Waals surface area contributed by atoms with Crippen molar-refractivity contribution in [3.63, 3.8) is 0 Å². The first-order valence-corrected chi connectivity index (χ1v) is 17.6. The average molecular weight is 731 g/mol. The van der Waals surface area contributed by atoms with Crippen LogP contribution in [-0.2, 0) is 24.2 Å². The topological polar surface area (TPSA) is 0 Å². The monoisotopic (exact) mass is 728 g/mol. The van der Waals surface area contributed by atoms with Crippen molar-refractivity contribution in [2.75, 3.05) is 0 Å². The molecule has 0 spiro atoms. The molecule has 1 aromatic carbocycles. The molecular formula is C43H52Cl2Zr-2. The Hall–Kier alpha value is -1.53. The third kappa shape index (κ3) is 4.95. The Morgan fingerprint density at radius 3 is 1.74 bits per heavy atom. The van der Waals surface area contributed by atoms with Crippen LogP contribution in [0.2, 0.25) is 0 Å². The molecule has 0 bridgehead atoms. The number of hydrogen-bond donors (Lipinski definition) is 0. The van der Waals surface area contributed by atoms with Crippen LogP contribution in [-0.4, -0.2) is 3.21 Å². The summed E-state index contributed by atoms with van der Waals surface area (Å²) in [7, 11) is 0. The van der Waals surface area contributed by atoms with E-state index in [1.165, 1.54) is 44.1 Å². The van der Waals surface area contributed by atoms with E-state index in [-0.39, 0.29) is 62.7 Å². The van der Waals surface area contributed by atoms with E-state index >= 15 is 0 Å². The van der Waals surface area contributed by atoms with Gasteiger partial charge in [0.05, 0.1) is 0 Å². The van der Waals surface area contributed by atoms with Gasteiger partial charge in [-0.05, 0) is 28.6 Å². The van der Waals surface area contributed by atoms with Gasteiger partial charge in [0.15, 0.2) is 0 Å². The zero-order valence-corrected chi connectivity index (χ0v) is 33.5. The molecule has 7 rings (SSSR count). The Kier molecular flexibility index (Phi) is 11.3. The van der Waals surface area contributed by atoms with Gasteiger partial charge in [-0.15, -0.1) is 23.8 Å². The quantitative estimate of drug-likeness (QED) is 0.356. The minimum Gasteiger partial charge on any atom is -1.00 e. The van der Waals surface area contributed by atoms with Crippen molar-refractivity contribution < 1.29 is 49.0 Å². The standard InChI is InChI=1S/C29H37.C9H10.C5H5.2ClH.Zr/c1-21-14-13-15-22-20-27(6)25(4)18-10-9-16-23(25,2)24(3)17-11-12-19-26(24,5)29(27,8)28(21,22)7;1-3-9-6-4-8(2)5-7-9;1-2-4-5-3-1;;;/h9-20,22H,1-8H3;4-7H,1-2H3;1-3H,4H2;2*1H;/q-1;;-1;;;+2/p-2. The number of fused-ring (bicyclic) bond motifs is 8. The zero-order chi connectivity index (χ0) is 32.2. The molecule has 0 heterocycles. The SMILES string of the molecule is CC1=CC=CC2[CH-]C3(C)C4(C)C=CC=CC4(C)C4(C)C=CC=CC4(C)C3(C)C12C.C[C](=[Zr+2])c1ccc(C)cc1.[C-]1=CC=CC1.[Cl-].[Cl-]. The molecule has 1 aromatic rings. The fourth-order valence-corrected chi connectivity index (χ4v) is 10.8. The normalized spacial score (nSPS) is 41.2. The van der Waals surface area contributed by atoms with Crippen LogP contribution in [0.4, 0.5) is 0 Å². The minimum atomic E-state index is 0.